The molecular formula is C15H22O7. The minimum atomic E-state index is -1.67. The van der Waals surface area contributed by atoms with E-state index in [4.69, 9.17) is 9.15 Å². The highest BCUT2D eigenvalue weighted by Gasteiger charge is 2.37. The van der Waals surface area contributed by atoms with E-state index in [1.807, 2.05) is 6.92 Å². The zero-order valence-electron chi connectivity index (χ0n) is 13.0. The Morgan fingerprint density at radius 1 is 1.41 bits per heavy atom. The van der Waals surface area contributed by atoms with E-state index in [0.29, 0.717) is 6.42 Å². The van der Waals surface area contributed by atoms with Crippen LogP contribution in [0, 0.1) is 0 Å². The number of hydrogen-bond donors (Lipinski definition) is 2. The van der Waals surface area contributed by atoms with Crippen LogP contribution in [-0.4, -0.2) is 36.5 Å². The number of esters is 1. The lowest BCUT2D eigenvalue weighted by atomic mass is 9.87. The van der Waals surface area contributed by atoms with Gasteiger partial charge in [0.05, 0.1) is 20.3 Å². The molecule has 0 bridgehead atoms. The average molecular weight is 314 g/mol. The smallest absolute Gasteiger partial charge is 0.339 e. The van der Waals surface area contributed by atoms with Crippen molar-refractivity contribution in [1.82, 2.24) is 0 Å². The molecule has 1 rings (SSSR count). The molecule has 0 amide bonds. The Labute approximate surface area is 128 Å². The van der Waals surface area contributed by atoms with Crippen molar-refractivity contribution in [3.8, 4) is 5.75 Å². The standard InChI is InChI=1S/C15H22O7/c1-4-5-6-15(19,9-11(16)14(18)21-3)12-7-10(20-2)8-13(17)22-12/h7-8,11,16,19H,4-6,9H2,1-3H3/t11-,15+/m0/s1. The molecule has 2 atom stereocenters. The maximum absolute atomic E-state index is 11.6. The van der Waals surface area contributed by atoms with Gasteiger partial charge in [0.2, 0.25) is 0 Å². The number of carbonyl (C=O) groups excluding carboxylic acids is 1. The summed E-state index contributed by atoms with van der Waals surface area (Å²) in [5, 5.41) is 20.6. The topological polar surface area (TPSA) is 106 Å². The summed E-state index contributed by atoms with van der Waals surface area (Å²) in [4.78, 5) is 22.9. The fraction of sp³-hybridized carbons (Fsp3) is 0.600. The lowest BCUT2D eigenvalue weighted by molar-refractivity contribution is -0.155. The van der Waals surface area contributed by atoms with Crippen molar-refractivity contribution < 1.29 is 28.9 Å². The number of ether oxygens (including phenoxy) is 2. The van der Waals surface area contributed by atoms with Crippen molar-refractivity contribution in [1.29, 1.82) is 0 Å². The second-order valence-corrected chi connectivity index (χ2v) is 5.06. The van der Waals surface area contributed by atoms with Gasteiger partial charge >= 0.3 is 11.6 Å². The molecule has 0 spiro atoms. The summed E-state index contributed by atoms with van der Waals surface area (Å²) in [6.45, 7) is 1.93. The minimum Gasteiger partial charge on any atom is -0.496 e. The van der Waals surface area contributed by atoms with E-state index in [1.54, 1.807) is 0 Å². The monoisotopic (exact) mass is 314 g/mol. The largest absolute Gasteiger partial charge is 0.496 e. The Hall–Kier alpha value is -1.86. The fourth-order valence-electron chi connectivity index (χ4n) is 2.14. The molecule has 1 aromatic rings. The van der Waals surface area contributed by atoms with Crippen molar-refractivity contribution in [2.24, 2.45) is 0 Å². The number of methoxy groups -OCH3 is 2. The Kier molecular flexibility index (Phi) is 6.58. The predicted molar refractivity (Wildman–Crippen MR) is 77.6 cm³/mol. The van der Waals surface area contributed by atoms with Crippen molar-refractivity contribution in [2.75, 3.05) is 14.2 Å². The lowest BCUT2D eigenvalue weighted by Crippen LogP contribution is -2.35. The molecule has 0 aromatic carbocycles. The van der Waals surface area contributed by atoms with Crippen molar-refractivity contribution >= 4 is 5.97 Å². The molecule has 0 fully saturated rings. The predicted octanol–water partition coefficient (Wildman–Crippen LogP) is 0.950. The molecule has 7 heteroatoms. The first-order valence-corrected chi connectivity index (χ1v) is 7.04. The first kappa shape index (κ1) is 18.2. The number of hydrogen-bond acceptors (Lipinski definition) is 7. The molecular weight excluding hydrogens is 292 g/mol. The lowest BCUT2D eigenvalue weighted by Gasteiger charge is -2.28. The highest BCUT2D eigenvalue weighted by molar-refractivity contribution is 5.74. The van der Waals surface area contributed by atoms with Gasteiger partial charge in [0.1, 0.15) is 17.1 Å². The van der Waals surface area contributed by atoms with Crippen molar-refractivity contribution in [2.45, 2.75) is 44.3 Å². The molecule has 0 aliphatic rings. The van der Waals surface area contributed by atoms with Crippen LogP contribution in [0.1, 0.15) is 38.4 Å². The van der Waals surface area contributed by atoms with Crippen molar-refractivity contribution in [3.05, 3.63) is 28.3 Å². The third-order valence-corrected chi connectivity index (χ3v) is 3.39. The van der Waals surface area contributed by atoms with Gasteiger partial charge in [-0.3, -0.25) is 0 Å². The van der Waals surface area contributed by atoms with Crippen LogP contribution in [0.5, 0.6) is 5.75 Å². The van der Waals surface area contributed by atoms with Gasteiger partial charge in [0.15, 0.2) is 6.10 Å². The zero-order chi connectivity index (χ0) is 16.8. The van der Waals surface area contributed by atoms with E-state index in [1.165, 1.54) is 13.2 Å². The highest BCUT2D eigenvalue weighted by atomic mass is 16.5. The van der Waals surface area contributed by atoms with Crippen LogP contribution < -0.4 is 10.4 Å². The molecule has 0 radical (unpaired) electrons. The fourth-order valence-corrected chi connectivity index (χ4v) is 2.14. The summed E-state index contributed by atoms with van der Waals surface area (Å²) >= 11 is 0. The SMILES string of the molecule is CCCC[C@@](O)(C[C@H](O)C(=O)OC)c1cc(OC)cc(=O)o1. The third kappa shape index (κ3) is 4.57. The van der Waals surface area contributed by atoms with Crippen molar-refractivity contribution in [3.63, 3.8) is 0 Å². The van der Waals surface area contributed by atoms with Gasteiger partial charge in [0.25, 0.3) is 0 Å². The number of unbranched alkanes of at least 4 members (excludes halogenated alkanes) is 1. The molecule has 2 N–H and O–H groups in total. The second kappa shape index (κ2) is 7.95. The highest BCUT2D eigenvalue weighted by Crippen LogP contribution is 2.33. The zero-order valence-corrected chi connectivity index (χ0v) is 13.0. The van der Waals surface area contributed by atoms with Gasteiger partial charge in [-0.15, -0.1) is 0 Å². The van der Waals surface area contributed by atoms with Crippen LogP contribution in [0.4, 0.5) is 0 Å². The Morgan fingerprint density at radius 2 is 2.09 bits per heavy atom. The first-order chi connectivity index (χ1) is 10.4. The van der Waals surface area contributed by atoms with E-state index in [-0.39, 0.29) is 24.4 Å². The minimum absolute atomic E-state index is 0.0479. The van der Waals surface area contributed by atoms with Crippen LogP contribution >= 0.6 is 0 Å². The normalized spacial score (nSPS) is 15.0. The van der Waals surface area contributed by atoms with Gasteiger partial charge in [-0.25, -0.2) is 9.59 Å². The molecule has 0 unspecified atom stereocenters. The Morgan fingerprint density at radius 3 is 2.64 bits per heavy atom. The van der Waals surface area contributed by atoms with Gasteiger partial charge in [-0.1, -0.05) is 19.8 Å². The van der Waals surface area contributed by atoms with E-state index in [0.717, 1.165) is 19.6 Å². The van der Waals surface area contributed by atoms with E-state index >= 15 is 0 Å². The van der Waals surface area contributed by atoms with Gasteiger partial charge in [-0.2, -0.15) is 0 Å². The Bertz CT molecular complexity index is 551. The number of carbonyl (C=O) groups is 1. The van der Waals surface area contributed by atoms with Crippen LogP contribution in [0.15, 0.2) is 21.3 Å². The first-order valence-electron chi connectivity index (χ1n) is 7.04. The maximum Gasteiger partial charge on any atom is 0.339 e. The summed E-state index contributed by atoms with van der Waals surface area (Å²) in [6.07, 6.45) is -0.247. The van der Waals surface area contributed by atoms with E-state index in [2.05, 4.69) is 4.74 Å². The molecule has 7 nitrogen and oxygen atoms in total. The summed E-state index contributed by atoms with van der Waals surface area (Å²) in [7, 11) is 2.52. The molecule has 0 saturated heterocycles. The van der Waals surface area contributed by atoms with Crippen LogP contribution in [-0.2, 0) is 15.1 Å². The number of aliphatic hydroxyl groups is 2. The van der Waals surface area contributed by atoms with Gasteiger partial charge in [0, 0.05) is 12.5 Å². The maximum atomic E-state index is 11.6. The molecule has 1 aromatic heterocycles. The molecule has 0 aliphatic carbocycles. The Balaban J connectivity index is 3.17. The number of rotatable bonds is 8. The summed E-state index contributed by atoms with van der Waals surface area (Å²) < 4.78 is 14.5. The van der Waals surface area contributed by atoms with Crippen LogP contribution in [0.25, 0.3) is 0 Å². The van der Waals surface area contributed by atoms with Crippen LogP contribution in [0.3, 0.4) is 0 Å². The molecule has 1 heterocycles. The number of aliphatic hydroxyl groups excluding tert-OH is 1. The molecule has 0 saturated carbocycles. The molecule has 124 valence electrons. The summed E-state index contributed by atoms with van der Waals surface area (Å²) in [6, 6.07) is 2.52. The van der Waals surface area contributed by atoms with E-state index in [9.17, 15) is 19.8 Å². The van der Waals surface area contributed by atoms with Crippen LogP contribution in [0.2, 0.25) is 0 Å². The molecule has 22 heavy (non-hydrogen) atoms. The van der Waals surface area contributed by atoms with Gasteiger partial charge in [-0.05, 0) is 6.42 Å². The second-order valence-electron chi connectivity index (χ2n) is 5.06. The van der Waals surface area contributed by atoms with E-state index < -0.39 is 23.3 Å². The average Bonchev–Trinajstić information content (AvgIpc) is 2.51. The summed E-state index contributed by atoms with van der Waals surface area (Å²) in [5.41, 5.74) is -2.35. The van der Waals surface area contributed by atoms with Gasteiger partial charge < -0.3 is 24.1 Å². The summed E-state index contributed by atoms with van der Waals surface area (Å²) in [5.74, 6) is -0.679. The quantitative estimate of drug-likeness (QED) is 0.688. The molecule has 0 aliphatic heterocycles. The third-order valence-electron chi connectivity index (χ3n) is 3.39.